The van der Waals surface area contributed by atoms with Crippen LogP contribution in [0.15, 0.2) is 42.5 Å². The molecule has 1 atom stereocenters. The van der Waals surface area contributed by atoms with Gasteiger partial charge in [-0.3, -0.25) is 0 Å². The molecule has 0 aliphatic carbocycles. The highest BCUT2D eigenvalue weighted by Gasteiger charge is 2.36. The van der Waals surface area contributed by atoms with E-state index in [2.05, 4.69) is 38.8 Å². The van der Waals surface area contributed by atoms with E-state index in [1.54, 1.807) is 13.2 Å². The van der Waals surface area contributed by atoms with Gasteiger partial charge in [-0.15, -0.1) is 0 Å². The number of hydrogen-bond donors (Lipinski definition) is 1. The number of nitrogens with zero attached hydrogens (tertiary/aromatic N) is 2. The Kier molecular flexibility index (Phi) is 11.9. The van der Waals surface area contributed by atoms with E-state index in [0.29, 0.717) is 23.5 Å². The molecule has 196 valence electrons. The van der Waals surface area contributed by atoms with Crippen molar-refractivity contribution in [2.75, 3.05) is 33.9 Å². The number of carbonyl (C=O) groups excluding carboxylic acids is 1. The van der Waals surface area contributed by atoms with Gasteiger partial charge in [0.1, 0.15) is 5.75 Å². The first-order valence-corrected chi connectivity index (χ1v) is 12.9. The molecule has 2 aromatic rings. The maximum Gasteiger partial charge on any atom is 0.338 e. The van der Waals surface area contributed by atoms with E-state index in [1.807, 2.05) is 36.4 Å². The summed E-state index contributed by atoms with van der Waals surface area (Å²) in [6, 6.07) is 16.0. The first kappa shape index (κ1) is 29.4. The van der Waals surface area contributed by atoms with E-state index in [1.165, 1.54) is 0 Å². The van der Waals surface area contributed by atoms with Gasteiger partial charge in [0.15, 0.2) is 0 Å². The molecule has 0 aliphatic rings. The maximum absolute atomic E-state index is 12.2. The summed E-state index contributed by atoms with van der Waals surface area (Å²) in [5, 5.41) is 20.0. The topological polar surface area (TPSA) is 82.8 Å². The average Bonchev–Trinajstić information content (AvgIpc) is 2.89. The molecule has 0 spiro atoms. The van der Waals surface area contributed by atoms with Gasteiger partial charge in [0.05, 0.1) is 37.4 Å². The lowest BCUT2D eigenvalue weighted by atomic mass is 9.69. The molecule has 0 saturated carbocycles. The number of ether oxygens (including phenoxy) is 2. The summed E-state index contributed by atoms with van der Waals surface area (Å²) in [5.74, 6) is 0.491. The van der Waals surface area contributed by atoms with E-state index < -0.39 is 5.41 Å². The SMILES string of the molecule is CCCCOC(=O)c1cccc(CCN(C)CCCC(C#N)(c2ccc(OC)c(CO)c2)C(C)C)c1. The summed E-state index contributed by atoms with van der Waals surface area (Å²) in [4.78, 5) is 14.5. The first-order valence-electron chi connectivity index (χ1n) is 12.9. The first-order chi connectivity index (χ1) is 17.3. The highest BCUT2D eigenvalue weighted by molar-refractivity contribution is 5.89. The molecule has 0 heterocycles. The van der Waals surface area contributed by atoms with Gasteiger partial charge in [0, 0.05) is 12.1 Å². The smallest absolute Gasteiger partial charge is 0.338 e. The van der Waals surface area contributed by atoms with Crippen LogP contribution in [0, 0.1) is 17.2 Å². The number of nitriles is 1. The van der Waals surface area contributed by atoms with E-state index in [4.69, 9.17) is 9.47 Å². The number of unbranched alkanes of at least 4 members (excludes halogenated alkanes) is 1. The molecule has 0 fully saturated rings. The number of carbonyl (C=O) groups is 1. The molecule has 0 aliphatic heterocycles. The Balaban J connectivity index is 1.97. The Morgan fingerprint density at radius 1 is 1.17 bits per heavy atom. The second kappa shape index (κ2) is 14.6. The Morgan fingerprint density at radius 2 is 1.94 bits per heavy atom. The van der Waals surface area contributed by atoms with Crippen LogP contribution in [0.3, 0.4) is 0 Å². The second-order valence-corrected chi connectivity index (χ2v) is 9.77. The van der Waals surface area contributed by atoms with Gasteiger partial charge < -0.3 is 19.5 Å². The zero-order chi connectivity index (χ0) is 26.6. The number of methoxy groups -OCH3 is 1. The number of hydrogen-bond acceptors (Lipinski definition) is 6. The largest absolute Gasteiger partial charge is 0.496 e. The van der Waals surface area contributed by atoms with Crippen LogP contribution in [-0.2, 0) is 23.2 Å². The Bertz CT molecular complexity index is 1010. The molecule has 1 unspecified atom stereocenters. The summed E-state index contributed by atoms with van der Waals surface area (Å²) in [6.45, 7) is 8.27. The standard InChI is InChI=1S/C30H42N2O4/c1-6-7-18-36-29(34)25-11-8-10-24(19-25)14-17-32(4)16-9-15-30(22-31,23(2)3)27-12-13-28(35-5)26(20-27)21-33/h8,10-13,19-20,23,33H,6-7,9,14-18,21H2,1-5H3. The predicted octanol–water partition coefficient (Wildman–Crippen LogP) is 5.52. The molecule has 0 amide bonds. The third-order valence-corrected chi connectivity index (χ3v) is 6.94. The quantitative estimate of drug-likeness (QED) is 0.259. The molecule has 0 bridgehead atoms. The molecule has 2 aromatic carbocycles. The molecule has 6 heteroatoms. The van der Waals surface area contributed by atoms with Gasteiger partial charge in [-0.05, 0) is 80.6 Å². The Morgan fingerprint density at radius 3 is 2.58 bits per heavy atom. The highest BCUT2D eigenvalue weighted by atomic mass is 16.5. The fraction of sp³-hybridized carbons (Fsp3) is 0.533. The Hall–Kier alpha value is -2.88. The van der Waals surface area contributed by atoms with Gasteiger partial charge in [0.2, 0.25) is 0 Å². The molecule has 2 rings (SSSR count). The number of likely N-dealkylation sites (N-methyl/N-ethyl adjacent to an activating group) is 1. The number of aliphatic hydroxyl groups is 1. The zero-order valence-electron chi connectivity index (χ0n) is 22.5. The summed E-state index contributed by atoms with van der Waals surface area (Å²) < 4.78 is 10.7. The van der Waals surface area contributed by atoms with Crippen molar-refractivity contribution in [1.82, 2.24) is 4.90 Å². The molecule has 0 saturated heterocycles. The van der Waals surface area contributed by atoms with Crippen molar-refractivity contribution < 1.29 is 19.4 Å². The fourth-order valence-electron chi connectivity index (χ4n) is 4.50. The maximum atomic E-state index is 12.2. The number of benzene rings is 2. The summed E-state index contributed by atoms with van der Waals surface area (Å²) in [7, 11) is 3.67. The normalized spacial score (nSPS) is 12.9. The summed E-state index contributed by atoms with van der Waals surface area (Å²) in [6.07, 6.45) is 4.30. The van der Waals surface area contributed by atoms with Crippen LogP contribution < -0.4 is 4.74 Å². The number of rotatable bonds is 15. The average molecular weight is 495 g/mol. The van der Waals surface area contributed by atoms with Crippen LogP contribution in [0.1, 0.15) is 73.5 Å². The van der Waals surface area contributed by atoms with Crippen molar-refractivity contribution in [3.63, 3.8) is 0 Å². The minimum atomic E-state index is -0.635. The van der Waals surface area contributed by atoms with Crippen molar-refractivity contribution in [3.05, 3.63) is 64.7 Å². The van der Waals surface area contributed by atoms with E-state index in [9.17, 15) is 15.2 Å². The van der Waals surface area contributed by atoms with Crippen molar-refractivity contribution in [3.8, 4) is 11.8 Å². The lowest BCUT2D eigenvalue weighted by Gasteiger charge is -2.32. The molecule has 0 aromatic heterocycles. The van der Waals surface area contributed by atoms with E-state index in [0.717, 1.165) is 56.3 Å². The minimum absolute atomic E-state index is 0.118. The summed E-state index contributed by atoms with van der Waals surface area (Å²) >= 11 is 0. The van der Waals surface area contributed by atoms with Crippen molar-refractivity contribution in [1.29, 1.82) is 5.26 Å². The van der Waals surface area contributed by atoms with Crippen molar-refractivity contribution in [2.24, 2.45) is 5.92 Å². The molecule has 6 nitrogen and oxygen atoms in total. The van der Waals surface area contributed by atoms with Gasteiger partial charge in [0.25, 0.3) is 0 Å². The van der Waals surface area contributed by atoms with E-state index in [-0.39, 0.29) is 18.5 Å². The zero-order valence-corrected chi connectivity index (χ0v) is 22.5. The van der Waals surface area contributed by atoms with Gasteiger partial charge in [-0.1, -0.05) is 45.4 Å². The van der Waals surface area contributed by atoms with Crippen LogP contribution in [0.2, 0.25) is 0 Å². The molecule has 0 radical (unpaired) electrons. The lowest BCUT2D eigenvalue weighted by Crippen LogP contribution is -2.32. The monoisotopic (exact) mass is 494 g/mol. The molecule has 36 heavy (non-hydrogen) atoms. The Labute approximate surface area is 216 Å². The van der Waals surface area contributed by atoms with E-state index >= 15 is 0 Å². The molecule has 1 N–H and O–H groups in total. The van der Waals surface area contributed by atoms with Gasteiger partial charge >= 0.3 is 5.97 Å². The van der Waals surface area contributed by atoms with Crippen molar-refractivity contribution in [2.45, 2.75) is 64.9 Å². The predicted molar refractivity (Wildman–Crippen MR) is 143 cm³/mol. The second-order valence-electron chi connectivity index (χ2n) is 9.77. The molecular weight excluding hydrogens is 452 g/mol. The summed E-state index contributed by atoms with van der Waals surface area (Å²) in [5.41, 5.74) is 2.70. The van der Waals surface area contributed by atoms with Crippen LogP contribution in [0.5, 0.6) is 5.75 Å². The third-order valence-electron chi connectivity index (χ3n) is 6.94. The number of esters is 1. The van der Waals surface area contributed by atoms with Crippen LogP contribution in [0.25, 0.3) is 0 Å². The highest BCUT2D eigenvalue weighted by Crippen LogP contribution is 2.38. The van der Waals surface area contributed by atoms with Gasteiger partial charge in [-0.2, -0.15) is 5.26 Å². The molecular formula is C30H42N2O4. The van der Waals surface area contributed by atoms with Crippen LogP contribution in [0.4, 0.5) is 0 Å². The van der Waals surface area contributed by atoms with Gasteiger partial charge in [-0.25, -0.2) is 4.79 Å². The third kappa shape index (κ3) is 7.81. The van der Waals surface area contributed by atoms with Crippen molar-refractivity contribution >= 4 is 5.97 Å². The lowest BCUT2D eigenvalue weighted by molar-refractivity contribution is 0.0499. The fourth-order valence-corrected chi connectivity index (χ4v) is 4.50. The van der Waals surface area contributed by atoms with Crippen LogP contribution >= 0.6 is 0 Å². The minimum Gasteiger partial charge on any atom is -0.496 e. The van der Waals surface area contributed by atoms with Crippen LogP contribution in [-0.4, -0.2) is 49.8 Å². The number of aliphatic hydroxyl groups excluding tert-OH is 1.